The van der Waals surface area contributed by atoms with Crippen LogP contribution in [0.1, 0.15) is 64.2 Å². The highest BCUT2D eigenvalue weighted by molar-refractivity contribution is 5.97. The lowest BCUT2D eigenvalue weighted by Crippen LogP contribution is -2.13. The largest absolute Gasteiger partial charge is 0.488 e. The second kappa shape index (κ2) is 13.8. The van der Waals surface area contributed by atoms with E-state index >= 15 is 0 Å². The van der Waals surface area contributed by atoms with Gasteiger partial charge in [-0.2, -0.15) is 4.98 Å². The fourth-order valence-corrected chi connectivity index (χ4v) is 4.68. The van der Waals surface area contributed by atoms with E-state index in [9.17, 15) is 4.79 Å². The number of hydrogen-bond donors (Lipinski definition) is 1. The van der Waals surface area contributed by atoms with Crippen LogP contribution in [0.3, 0.4) is 0 Å². The van der Waals surface area contributed by atoms with E-state index in [4.69, 9.17) is 29.0 Å². The quantitative estimate of drug-likeness (QED) is 0.166. The van der Waals surface area contributed by atoms with Gasteiger partial charge < -0.3 is 29.0 Å². The van der Waals surface area contributed by atoms with Gasteiger partial charge in [0.2, 0.25) is 5.82 Å². The molecule has 0 aliphatic rings. The Morgan fingerprint density at radius 3 is 2.09 bits per heavy atom. The smallest absolute Gasteiger partial charge is 0.271 e. The fraction of sp³-hybridized carbons (Fsp3) is 0.273. The maximum absolute atomic E-state index is 12.2. The molecule has 0 radical (unpaired) electrons. The number of aromatic nitrogens is 3. The Hall–Kier alpha value is -4.96. The monoisotopic (exact) mass is 582 g/mol. The number of primary amides is 1. The summed E-state index contributed by atoms with van der Waals surface area (Å²) in [6.45, 7) is 5.20. The van der Waals surface area contributed by atoms with E-state index in [2.05, 4.69) is 35.2 Å². The van der Waals surface area contributed by atoms with Gasteiger partial charge in [0.1, 0.15) is 37.1 Å². The number of aryl methyl sites for hydroxylation is 2. The third-order valence-electron chi connectivity index (χ3n) is 6.87. The summed E-state index contributed by atoms with van der Waals surface area (Å²) in [4.78, 5) is 16.5. The SMILES string of the molecule is COCc1nc(-c2c(C(N)=O)noc2CCc2cc(C(C)C)c(OCc3ccccc3)cc2OCc2ccccc2)no1. The second-order valence-electron chi connectivity index (χ2n) is 10.3. The summed E-state index contributed by atoms with van der Waals surface area (Å²) in [7, 11) is 1.52. The van der Waals surface area contributed by atoms with E-state index in [1.54, 1.807) is 0 Å². The van der Waals surface area contributed by atoms with Gasteiger partial charge in [-0.25, -0.2) is 0 Å². The summed E-state index contributed by atoms with van der Waals surface area (Å²) in [5.74, 6) is 1.71. The van der Waals surface area contributed by atoms with Crippen molar-refractivity contribution in [2.24, 2.45) is 5.73 Å². The highest BCUT2D eigenvalue weighted by atomic mass is 16.5. The molecule has 5 aromatic rings. The van der Waals surface area contributed by atoms with Crippen LogP contribution in [0.2, 0.25) is 0 Å². The molecular weight excluding hydrogens is 548 g/mol. The Bertz CT molecular complexity index is 1650. The zero-order chi connectivity index (χ0) is 30.2. The summed E-state index contributed by atoms with van der Waals surface area (Å²) in [6, 6.07) is 24.1. The molecule has 10 heteroatoms. The molecule has 1 amide bonds. The molecule has 0 bridgehead atoms. The third kappa shape index (κ3) is 7.28. The summed E-state index contributed by atoms with van der Waals surface area (Å²) < 4.78 is 28.6. The molecule has 0 atom stereocenters. The molecule has 0 spiro atoms. The highest BCUT2D eigenvalue weighted by Crippen LogP contribution is 2.36. The number of nitrogens with zero attached hydrogens (tertiary/aromatic N) is 3. The lowest BCUT2D eigenvalue weighted by molar-refractivity contribution is 0.0992. The summed E-state index contributed by atoms with van der Waals surface area (Å²) in [5.41, 5.74) is 9.95. The Kier molecular flexibility index (Phi) is 9.48. The summed E-state index contributed by atoms with van der Waals surface area (Å²) in [5, 5.41) is 7.91. The van der Waals surface area contributed by atoms with Gasteiger partial charge in [0.15, 0.2) is 5.69 Å². The van der Waals surface area contributed by atoms with E-state index in [1.165, 1.54) is 7.11 Å². The summed E-state index contributed by atoms with van der Waals surface area (Å²) >= 11 is 0. The number of nitrogens with two attached hydrogens (primary N) is 1. The van der Waals surface area contributed by atoms with Crippen LogP contribution in [0.5, 0.6) is 11.5 Å². The molecule has 222 valence electrons. The molecule has 0 unspecified atom stereocenters. The van der Waals surface area contributed by atoms with Crippen LogP contribution in [0.25, 0.3) is 11.4 Å². The van der Waals surface area contributed by atoms with E-state index in [1.807, 2.05) is 66.7 Å². The predicted octanol–water partition coefficient (Wildman–Crippen LogP) is 6.04. The van der Waals surface area contributed by atoms with Crippen LogP contribution in [0.4, 0.5) is 0 Å². The number of carbonyl (C=O) groups excluding carboxylic acids is 1. The van der Waals surface area contributed by atoms with Crippen molar-refractivity contribution in [2.75, 3.05) is 7.11 Å². The van der Waals surface area contributed by atoms with Crippen molar-refractivity contribution in [3.63, 3.8) is 0 Å². The number of benzene rings is 3. The lowest BCUT2D eigenvalue weighted by atomic mass is 9.96. The Labute approximate surface area is 249 Å². The second-order valence-corrected chi connectivity index (χ2v) is 10.3. The topological polar surface area (TPSA) is 136 Å². The van der Waals surface area contributed by atoms with Crippen LogP contribution in [-0.4, -0.2) is 28.3 Å². The highest BCUT2D eigenvalue weighted by Gasteiger charge is 2.26. The third-order valence-corrected chi connectivity index (χ3v) is 6.87. The first kappa shape index (κ1) is 29.5. The number of hydrogen-bond acceptors (Lipinski definition) is 9. The minimum Gasteiger partial charge on any atom is -0.488 e. The van der Waals surface area contributed by atoms with Crippen molar-refractivity contribution < 1.29 is 28.1 Å². The van der Waals surface area contributed by atoms with Gasteiger partial charge in [-0.1, -0.05) is 84.8 Å². The molecule has 0 saturated carbocycles. The molecule has 3 aromatic carbocycles. The molecular formula is C33H34N4O6. The van der Waals surface area contributed by atoms with Crippen molar-refractivity contribution in [1.82, 2.24) is 15.3 Å². The molecule has 0 saturated heterocycles. The van der Waals surface area contributed by atoms with Crippen molar-refractivity contribution in [1.29, 1.82) is 0 Å². The first-order valence-electron chi connectivity index (χ1n) is 14.0. The van der Waals surface area contributed by atoms with E-state index in [0.717, 1.165) is 28.0 Å². The van der Waals surface area contributed by atoms with Crippen LogP contribution >= 0.6 is 0 Å². The number of ether oxygens (including phenoxy) is 3. The van der Waals surface area contributed by atoms with Crippen molar-refractivity contribution in [3.8, 4) is 22.9 Å². The molecule has 0 aliphatic carbocycles. The maximum atomic E-state index is 12.2. The first-order chi connectivity index (χ1) is 20.9. The Balaban J connectivity index is 1.46. The average molecular weight is 583 g/mol. The minimum atomic E-state index is -0.753. The lowest BCUT2D eigenvalue weighted by Gasteiger charge is -2.20. The molecule has 2 N–H and O–H groups in total. The molecule has 10 nitrogen and oxygen atoms in total. The molecule has 5 rings (SSSR count). The molecule has 2 aromatic heterocycles. The molecule has 43 heavy (non-hydrogen) atoms. The fourth-order valence-electron chi connectivity index (χ4n) is 4.68. The van der Waals surface area contributed by atoms with Crippen molar-refractivity contribution >= 4 is 5.91 Å². The van der Waals surface area contributed by atoms with Crippen molar-refractivity contribution in [3.05, 3.63) is 112 Å². The summed E-state index contributed by atoms with van der Waals surface area (Å²) in [6.07, 6.45) is 0.874. The van der Waals surface area contributed by atoms with E-state index < -0.39 is 5.91 Å². The number of amides is 1. The minimum absolute atomic E-state index is 0.0622. The van der Waals surface area contributed by atoms with Gasteiger partial charge in [-0.15, -0.1) is 0 Å². The van der Waals surface area contributed by atoms with Gasteiger partial charge >= 0.3 is 0 Å². The van der Waals surface area contributed by atoms with Gasteiger partial charge in [0, 0.05) is 19.6 Å². The van der Waals surface area contributed by atoms with Crippen molar-refractivity contribution in [2.45, 2.75) is 52.4 Å². The predicted molar refractivity (Wildman–Crippen MR) is 159 cm³/mol. The maximum Gasteiger partial charge on any atom is 0.271 e. The number of rotatable bonds is 14. The van der Waals surface area contributed by atoms with Crippen LogP contribution in [0.15, 0.2) is 81.8 Å². The standard InChI is InChI=1S/C33H34N4O6/c1-21(2)25-16-24(14-15-26-30(31(32(34)38)36-42-26)33-35-29(20-39-3)43-37-33)27(40-18-22-10-6-4-7-11-22)17-28(25)41-19-23-12-8-5-9-13-23/h4-13,16-17,21H,14-15,18-20H2,1-3H3,(H2,34,38). The normalized spacial score (nSPS) is 11.2. The average Bonchev–Trinajstić information content (AvgIpc) is 3.66. The zero-order valence-electron chi connectivity index (χ0n) is 24.4. The number of carbonyl (C=O) groups is 1. The Morgan fingerprint density at radius 1 is 0.837 bits per heavy atom. The van der Waals surface area contributed by atoms with Gasteiger partial charge in [-0.05, 0) is 40.7 Å². The van der Waals surface area contributed by atoms with Crippen LogP contribution in [-0.2, 0) is 37.4 Å². The van der Waals surface area contributed by atoms with Gasteiger partial charge in [0.25, 0.3) is 11.8 Å². The van der Waals surface area contributed by atoms with Crippen LogP contribution in [0, 0.1) is 0 Å². The number of methoxy groups -OCH3 is 1. The van der Waals surface area contributed by atoms with E-state index in [-0.39, 0.29) is 29.9 Å². The molecule has 2 heterocycles. The zero-order valence-corrected chi connectivity index (χ0v) is 24.4. The van der Waals surface area contributed by atoms with Gasteiger partial charge in [-0.3, -0.25) is 4.79 Å². The molecule has 0 aliphatic heterocycles. The van der Waals surface area contributed by atoms with Gasteiger partial charge in [0.05, 0.1) is 5.56 Å². The van der Waals surface area contributed by atoms with Crippen LogP contribution < -0.4 is 15.2 Å². The Morgan fingerprint density at radius 2 is 1.49 bits per heavy atom. The van der Waals surface area contributed by atoms with E-state index in [0.29, 0.717) is 43.1 Å². The molecule has 0 fully saturated rings. The first-order valence-corrected chi connectivity index (χ1v) is 14.0.